The molecule has 2 N–H and O–H groups in total. The number of carboxylic acids is 1. The van der Waals surface area contributed by atoms with E-state index in [-0.39, 0.29) is 24.8 Å². The van der Waals surface area contributed by atoms with Crippen LogP contribution in [-0.2, 0) is 9.59 Å². The molecule has 8 heteroatoms. The molecule has 1 aromatic heterocycles. The molecule has 0 aliphatic carbocycles. The van der Waals surface area contributed by atoms with Crippen LogP contribution in [0.5, 0.6) is 0 Å². The van der Waals surface area contributed by atoms with E-state index >= 15 is 0 Å². The van der Waals surface area contributed by atoms with Gasteiger partial charge in [-0.1, -0.05) is 0 Å². The maximum atomic E-state index is 11.9. The van der Waals surface area contributed by atoms with Crippen LogP contribution in [0.4, 0.5) is 0 Å². The molecule has 0 saturated carbocycles. The lowest BCUT2D eigenvalue weighted by Gasteiger charge is -2.20. The highest BCUT2D eigenvalue weighted by atomic mass is 32.2. The van der Waals surface area contributed by atoms with Gasteiger partial charge in [-0.3, -0.25) is 9.59 Å². The first kappa shape index (κ1) is 14.9. The van der Waals surface area contributed by atoms with Gasteiger partial charge in [0.25, 0.3) is 5.91 Å². The van der Waals surface area contributed by atoms with Gasteiger partial charge in [-0.15, -0.1) is 11.8 Å². The van der Waals surface area contributed by atoms with Crippen LogP contribution in [0.1, 0.15) is 16.8 Å². The Bertz CT molecular complexity index is 504. The van der Waals surface area contributed by atoms with E-state index in [1.54, 1.807) is 16.8 Å². The van der Waals surface area contributed by atoms with Gasteiger partial charge in [-0.2, -0.15) is 11.3 Å². The van der Waals surface area contributed by atoms with Gasteiger partial charge < -0.3 is 15.3 Å². The molecule has 1 saturated heterocycles. The van der Waals surface area contributed by atoms with E-state index in [4.69, 9.17) is 5.11 Å². The molecule has 2 rings (SSSR count). The van der Waals surface area contributed by atoms with E-state index < -0.39 is 12.0 Å². The van der Waals surface area contributed by atoms with Gasteiger partial charge in [-0.25, -0.2) is 4.79 Å². The topological polar surface area (TPSA) is 86.7 Å². The highest BCUT2D eigenvalue weighted by molar-refractivity contribution is 7.99. The summed E-state index contributed by atoms with van der Waals surface area (Å²) in [7, 11) is 0. The highest BCUT2D eigenvalue weighted by Crippen LogP contribution is 2.21. The molecule has 20 heavy (non-hydrogen) atoms. The first-order valence-corrected chi connectivity index (χ1v) is 8.09. The van der Waals surface area contributed by atoms with E-state index in [0.717, 1.165) is 0 Å². The van der Waals surface area contributed by atoms with E-state index in [1.165, 1.54) is 28.0 Å². The van der Waals surface area contributed by atoms with Crippen molar-refractivity contribution < 1.29 is 19.5 Å². The van der Waals surface area contributed by atoms with Crippen molar-refractivity contribution in [3.05, 3.63) is 22.4 Å². The number of hydrogen-bond acceptors (Lipinski definition) is 5. The van der Waals surface area contributed by atoms with E-state index in [2.05, 4.69) is 5.32 Å². The largest absolute Gasteiger partial charge is 0.480 e. The predicted octanol–water partition coefficient (Wildman–Crippen LogP) is 0.854. The minimum atomic E-state index is -0.981. The van der Waals surface area contributed by atoms with E-state index in [1.807, 2.05) is 0 Å². The maximum Gasteiger partial charge on any atom is 0.327 e. The Kier molecular flexibility index (Phi) is 5.02. The summed E-state index contributed by atoms with van der Waals surface area (Å²) in [6.45, 7) is 0.209. The van der Waals surface area contributed by atoms with E-state index in [9.17, 15) is 14.4 Å². The van der Waals surface area contributed by atoms with Gasteiger partial charge in [0.2, 0.25) is 5.91 Å². The molecule has 1 aliphatic rings. The molecule has 1 atom stereocenters. The van der Waals surface area contributed by atoms with Crippen molar-refractivity contribution in [3.8, 4) is 0 Å². The molecule has 0 unspecified atom stereocenters. The fourth-order valence-electron chi connectivity index (χ4n) is 1.82. The molecule has 1 aliphatic heterocycles. The van der Waals surface area contributed by atoms with Crippen LogP contribution in [0.25, 0.3) is 0 Å². The van der Waals surface area contributed by atoms with Crippen molar-refractivity contribution in [2.75, 3.05) is 18.2 Å². The second kappa shape index (κ2) is 6.76. The number of carboxylic acid groups (broad SMARTS) is 1. The maximum absolute atomic E-state index is 11.9. The lowest BCUT2D eigenvalue weighted by Crippen LogP contribution is -2.42. The Balaban J connectivity index is 1.78. The average Bonchev–Trinajstić information content (AvgIpc) is 3.09. The lowest BCUT2D eigenvalue weighted by molar-refractivity contribution is -0.147. The van der Waals surface area contributed by atoms with Crippen LogP contribution in [0, 0.1) is 0 Å². The van der Waals surface area contributed by atoms with Crippen molar-refractivity contribution in [1.82, 2.24) is 10.2 Å². The third kappa shape index (κ3) is 3.51. The molecule has 108 valence electrons. The number of carbonyl (C=O) groups excluding carboxylic acids is 2. The number of aliphatic carboxylic acids is 1. The number of thioether (sulfide) groups is 1. The van der Waals surface area contributed by atoms with Gasteiger partial charge in [0.05, 0.1) is 5.88 Å². The molecule has 1 aromatic rings. The first-order valence-electron chi connectivity index (χ1n) is 6.00. The normalized spacial score (nSPS) is 18.0. The SMILES string of the molecule is O=C(NCCC(=O)N1CSC[C@H]1C(=O)O)c1ccsc1. The average molecular weight is 314 g/mol. The Morgan fingerprint density at radius 2 is 2.25 bits per heavy atom. The zero-order valence-corrected chi connectivity index (χ0v) is 12.2. The highest BCUT2D eigenvalue weighted by Gasteiger charge is 2.34. The Morgan fingerprint density at radius 1 is 1.45 bits per heavy atom. The number of nitrogens with one attached hydrogen (secondary N) is 1. The number of rotatable bonds is 5. The number of hydrogen-bond donors (Lipinski definition) is 2. The fourth-order valence-corrected chi connectivity index (χ4v) is 3.62. The summed E-state index contributed by atoms with van der Waals surface area (Å²) in [6.07, 6.45) is 0.111. The smallest absolute Gasteiger partial charge is 0.327 e. The molecule has 0 bridgehead atoms. The van der Waals surface area contributed by atoms with Gasteiger partial charge in [-0.05, 0) is 11.4 Å². The van der Waals surface area contributed by atoms with Crippen LogP contribution in [0.2, 0.25) is 0 Å². The number of nitrogens with zero attached hydrogens (tertiary/aromatic N) is 1. The predicted molar refractivity (Wildman–Crippen MR) is 76.9 cm³/mol. The molecule has 0 radical (unpaired) electrons. The quantitative estimate of drug-likeness (QED) is 0.841. The van der Waals surface area contributed by atoms with Crippen molar-refractivity contribution in [1.29, 1.82) is 0 Å². The number of thiophene rings is 1. The second-order valence-electron chi connectivity index (χ2n) is 4.24. The van der Waals surface area contributed by atoms with Crippen LogP contribution in [0.3, 0.4) is 0 Å². The Labute approximate surface area is 124 Å². The molecule has 1 fully saturated rings. The second-order valence-corrected chi connectivity index (χ2v) is 6.02. The minimum Gasteiger partial charge on any atom is -0.480 e. The molecule has 6 nitrogen and oxygen atoms in total. The molecule has 0 spiro atoms. The van der Waals surface area contributed by atoms with Crippen molar-refractivity contribution >= 4 is 40.9 Å². The fraction of sp³-hybridized carbons (Fsp3) is 0.417. The summed E-state index contributed by atoms with van der Waals surface area (Å²) < 4.78 is 0. The third-order valence-electron chi connectivity index (χ3n) is 2.90. The van der Waals surface area contributed by atoms with Crippen molar-refractivity contribution in [2.45, 2.75) is 12.5 Å². The summed E-state index contributed by atoms with van der Waals surface area (Å²) in [5.41, 5.74) is 0.572. The van der Waals surface area contributed by atoms with Gasteiger partial charge in [0, 0.05) is 29.7 Å². The van der Waals surface area contributed by atoms with Crippen LogP contribution in [-0.4, -0.2) is 52.0 Å². The van der Waals surface area contributed by atoms with E-state index in [0.29, 0.717) is 17.2 Å². The summed E-state index contributed by atoms with van der Waals surface area (Å²) in [5.74, 6) is -0.625. The Morgan fingerprint density at radius 3 is 2.90 bits per heavy atom. The Hall–Kier alpha value is -1.54. The first-order chi connectivity index (χ1) is 9.59. The summed E-state index contributed by atoms with van der Waals surface area (Å²) >= 11 is 2.85. The van der Waals surface area contributed by atoms with Crippen molar-refractivity contribution in [3.63, 3.8) is 0 Å². The molecule has 2 heterocycles. The van der Waals surface area contributed by atoms with Crippen LogP contribution < -0.4 is 5.32 Å². The third-order valence-corrected chi connectivity index (χ3v) is 4.59. The summed E-state index contributed by atoms with van der Waals surface area (Å²) in [4.78, 5) is 35.9. The zero-order valence-electron chi connectivity index (χ0n) is 10.6. The standard InChI is InChI=1S/C12H14N2O4S2/c15-10(14-7-20-6-9(14)12(17)18)1-3-13-11(16)8-2-4-19-5-8/h2,4-5,9H,1,3,6-7H2,(H,13,16)(H,17,18)/t9-/m0/s1. The number of carbonyl (C=O) groups is 3. The molecule has 0 aromatic carbocycles. The minimum absolute atomic E-state index is 0.111. The lowest BCUT2D eigenvalue weighted by atomic mass is 10.2. The molecular weight excluding hydrogens is 300 g/mol. The van der Waals surface area contributed by atoms with Gasteiger partial charge in [0.15, 0.2) is 0 Å². The molecular formula is C12H14N2O4S2. The molecule has 2 amide bonds. The monoisotopic (exact) mass is 314 g/mol. The number of amides is 2. The van der Waals surface area contributed by atoms with Crippen LogP contribution in [0.15, 0.2) is 16.8 Å². The summed E-state index contributed by atoms with van der Waals surface area (Å²) in [6, 6.07) is 0.958. The van der Waals surface area contributed by atoms with Gasteiger partial charge in [0.1, 0.15) is 6.04 Å². The van der Waals surface area contributed by atoms with Crippen LogP contribution >= 0.6 is 23.1 Å². The van der Waals surface area contributed by atoms with Gasteiger partial charge >= 0.3 is 5.97 Å². The van der Waals surface area contributed by atoms with Crippen molar-refractivity contribution in [2.24, 2.45) is 0 Å². The summed E-state index contributed by atoms with van der Waals surface area (Å²) in [5, 5.41) is 15.2. The zero-order chi connectivity index (χ0) is 14.5.